The highest BCUT2D eigenvalue weighted by Gasteiger charge is 2.29. The molecule has 1 aliphatic rings. The monoisotopic (exact) mass is 286 g/mol. The summed E-state index contributed by atoms with van der Waals surface area (Å²) >= 11 is 1.86. The molecule has 3 heteroatoms. The fraction of sp³-hybridized carbons (Fsp3) is 0.412. The van der Waals surface area contributed by atoms with Crippen LogP contribution in [-0.2, 0) is 19.5 Å². The molecule has 0 bridgehead atoms. The minimum Gasteiger partial charge on any atom is -0.330 e. The van der Waals surface area contributed by atoms with Gasteiger partial charge in [0.1, 0.15) is 0 Å². The fourth-order valence-electron chi connectivity index (χ4n) is 2.57. The van der Waals surface area contributed by atoms with Crippen LogP contribution in [0.25, 0.3) is 0 Å². The number of hydrogen-bond acceptors (Lipinski definition) is 3. The van der Waals surface area contributed by atoms with Crippen molar-refractivity contribution in [2.75, 3.05) is 6.54 Å². The number of benzene rings is 1. The third-order valence-electron chi connectivity index (χ3n) is 3.84. The lowest BCUT2D eigenvalue weighted by molar-refractivity contribution is 0.248. The van der Waals surface area contributed by atoms with Crippen LogP contribution in [0.4, 0.5) is 0 Å². The Bertz CT molecular complexity index is 514. The summed E-state index contributed by atoms with van der Waals surface area (Å²) in [5.41, 5.74) is 8.35. The van der Waals surface area contributed by atoms with Gasteiger partial charge in [-0.3, -0.25) is 4.90 Å². The average Bonchev–Trinajstić information content (AvgIpc) is 3.19. The molecule has 1 saturated carbocycles. The molecule has 2 N–H and O–H groups in total. The van der Waals surface area contributed by atoms with Crippen molar-refractivity contribution in [1.29, 1.82) is 0 Å². The van der Waals surface area contributed by atoms with Gasteiger partial charge in [0.2, 0.25) is 0 Å². The molecule has 1 aromatic heterocycles. The van der Waals surface area contributed by atoms with Crippen LogP contribution in [-0.4, -0.2) is 17.5 Å². The minimum absolute atomic E-state index is 0.728. The molecule has 1 fully saturated rings. The summed E-state index contributed by atoms with van der Waals surface area (Å²) in [4.78, 5) is 4.08. The highest BCUT2D eigenvalue weighted by Crippen LogP contribution is 2.30. The fourth-order valence-corrected chi connectivity index (χ4v) is 3.30. The molecule has 2 nitrogen and oxygen atoms in total. The zero-order valence-corrected chi connectivity index (χ0v) is 12.6. The third kappa shape index (κ3) is 3.69. The maximum atomic E-state index is 5.60. The van der Waals surface area contributed by atoms with E-state index in [2.05, 4.69) is 46.7 Å². The molecule has 1 aliphatic carbocycles. The zero-order valence-electron chi connectivity index (χ0n) is 11.8. The van der Waals surface area contributed by atoms with Crippen molar-refractivity contribution < 1.29 is 0 Å². The standard InChI is InChI=1S/C17H22N2S/c18-10-9-14-3-5-15(6-4-14)12-19(16-7-8-16)13-17-2-1-11-20-17/h1-6,11,16H,7-10,12-13,18H2. The molecule has 1 heterocycles. The zero-order chi connectivity index (χ0) is 13.8. The largest absolute Gasteiger partial charge is 0.330 e. The summed E-state index contributed by atoms with van der Waals surface area (Å²) in [7, 11) is 0. The Hall–Kier alpha value is -1.16. The topological polar surface area (TPSA) is 29.3 Å². The SMILES string of the molecule is NCCc1ccc(CN(Cc2cccs2)C2CC2)cc1. The van der Waals surface area contributed by atoms with Gasteiger partial charge in [0.15, 0.2) is 0 Å². The second-order valence-electron chi connectivity index (χ2n) is 5.57. The predicted molar refractivity (Wildman–Crippen MR) is 85.8 cm³/mol. The molecule has 1 aromatic carbocycles. The Kier molecular flexibility index (Phi) is 4.51. The molecule has 3 rings (SSSR count). The molecule has 2 aromatic rings. The van der Waals surface area contributed by atoms with Gasteiger partial charge in [0.05, 0.1) is 0 Å². The first-order chi connectivity index (χ1) is 9.85. The number of hydrogen-bond donors (Lipinski definition) is 1. The average molecular weight is 286 g/mol. The van der Waals surface area contributed by atoms with Crippen LogP contribution < -0.4 is 5.73 Å². The van der Waals surface area contributed by atoms with Gasteiger partial charge in [-0.05, 0) is 48.4 Å². The van der Waals surface area contributed by atoms with E-state index in [4.69, 9.17) is 5.73 Å². The van der Waals surface area contributed by atoms with Crippen LogP contribution in [0.5, 0.6) is 0 Å². The first-order valence-electron chi connectivity index (χ1n) is 7.39. The summed E-state index contributed by atoms with van der Waals surface area (Å²) < 4.78 is 0. The van der Waals surface area contributed by atoms with Crippen molar-refractivity contribution in [3.8, 4) is 0 Å². The van der Waals surface area contributed by atoms with Gasteiger partial charge >= 0.3 is 0 Å². The lowest BCUT2D eigenvalue weighted by Gasteiger charge is -2.21. The third-order valence-corrected chi connectivity index (χ3v) is 4.71. The van der Waals surface area contributed by atoms with E-state index in [1.165, 1.54) is 28.8 Å². The maximum Gasteiger partial charge on any atom is 0.0334 e. The van der Waals surface area contributed by atoms with Crippen molar-refractivity contribution >= 4 is 11.3 Å². The Morgan fingerprint density at radius 1 is 1.05 bits per heavy atom. The molecule has 0 amide bonds. The van der Waals surface area contributed by atoms with Crippen LogP contribution >= 0.6 is 11.3 Å². The second kappa shape index (κ2) is 6.53. The molecule has 0 radical (unpaired) electrons. The van der Waals surface area contributed by atoms with Crippen LogP contribution in [0.15, 0.2) is 41.8 Å². The van der Waals surface area contributed by atoms with E-state index in [1.54, 1.807) is 0 Å². The van der Waals surface area contributed by atoms with Crippen LogP contribution in [0.3, 0.4) is 0 Å². The number of thiophene rings is 1. The molecule has 20 heavy (non-hydrogen) atoms. The van der Waals surface area contributed by atoms with Crippen molar-refractivity contribution in [1.82, 2.24) is 4.90 Å². The van der Waals surface area contributed by atoms with Crippen LogP contribution in [0, 0.1) is 0 Å². The summed E-state index contributed by atoms with van der Waals surface area (Å²) in [6.07, 6.45) is 3.69. The molecule has 0 atom stereocenters. The van der Waals surface area contributed by atoms with Crippen molar-refractivity contribution in [2.24, 2.45) is 5.73 Å². The lowest BCUT2D eigenvalue weighted by Crippen LogP contribution is -2.24. The first kappa shape index (κ1) is 13.8. The van der Waals surface area contributed by atoms with Crippen molar-refractivity contribution in [3.05, 3.63) is 57.8 Å². The highest BCUT2D eigenvalue weighted by atomic mass is 32.1. The Morgan fingerprint density at radius 2 is 1.80 bits per heavy atom. The Labute approximate surface area is 125 Å². The number of rotatable bonds is 7. The summed E-state index contributed by atoms with van der Waals surface area (Å²) in [5, 5.41) is 2.17. The van der Waals surface area contributed by atoms with E-state index >= 15 is 0 Å². The minimum atomic E-state index is 0.728. The molecule has 0 saturated heterocycles. The molecule has 106 valence electrons. The van der Waals surface area contributed by atoms with E-state index in [9.17, 15) is 0 Å². The summed E-state index contributed by atoms with van der Waals surface area (Å²) in [6, 6.07) is 14.1. The molecule has 0 spiro atoms. The maximum absolute atomic E-state index is 5.60. The molecular weight excluding hydrogens is 264 g/mol. The van der Waals surface area contributed by atoms with Crippen LogP contribution in [0.2, 0.25) is 0 Å². The number of nitrogens with two attached hydrogens (primary N) is 1. The van der Waals surface area contributed by atoms with E-state index < -0.39 is 0 Å². The summed E-state index contributed by atoms with van der Waals surface area (Å²) in [6.45, 7) is 2.88. The summed E-state index contributed by atoms with van der Waals surface area (Å²) in [5.74, 6) is 0. The smallest absolute Gasteiger partial charge is 0.0334 e. The normalized spacial score (nSPS) is 14.9. The van der Waals surface area contributed by atoms with Gasteiger partial charge in [0.25, 0.3) is 0 Å². The van der Waals surface area contributed by atoms with Gasteiger partial charge in [-0.15, -0.1) is 11.3 Å². The van der Waals surface area contributed by atoms with Crippen molar-refractivity contribution in [2.45, 2.75) is 38.4 Å². The lowest BCUT2D eigenvalue weighted by atomic mass is 10.1. The van der Waals surface area contributed by atoms with Gasteiger partial charge in [-0.2, -0.15) is 0 Å². The Morgan fingerprint density at radius 3 is 2.40 bits per heavy atom. The van der Waals surface area contributed by atoms with E-state index in [1.807, 2.05) is 11.3 Å². The first-order valence-corrected chi connectivity index (χ1v) is 8.27. The Balaban J connectivity index is 1.63. The predicted octanol–water partition coefficient (Wildman–Crippen LogP) is 3.41. The molecular formula is C17H22N2S. The van der Waals surface area contributed by atoms with Gasteiger partial charge in [-0.1, -0.05) is 30.3 Å². The van der Waals surface area contributed by atoms with Gasteiger partial charge < -0.3 is 5.73 Å². The number of nitrogens with zero attached hydrogens (tertiary/aromatic N) is 1. The quantitative estimate of drug-likeness (QED) is 0.845. The van der Waals surface area contributed by atoms with E-state index in [-0.39, 0.29) is 0 Å². The van der Waals surface area contributed by atoms with E-state index in [0.717, 1.165) is 32.1 Å². The molecule has 0 unspecified atom stereocenters. The van der Waals surface area contributed by atoms with Gasteiger partial charge in [-0.25, -0.2) is 0 Å². The van der Waals surface area contributed by atoms with Crippen LogP contribution in [0.1, 0.15) is 28.8 Å². The van der Waals surface area contributed by atoms with Gasteiger partial charge in [0, 0.05) is 24.0 Å². The second-order valence-corrected chi connectivity index (χ2v) is 6.60. The molecule has 0 aliphatic heterocycles. The van der Waals surface area contributed by atoms with E-state index in [0.29, 0.717) is 0 Å². The highest BCUT2D eigenvalue weighted by molar-refractivity contribution is 7.09. The van der Waals surface area contributed by atoms with Crippen molar-refractivity contribution in [3.63, 3.8) is 0 Å².